The second kappa shape index (κ2) is 5.80. The van der Waals surface area contributed by atoms with E-state index in [-0.39, 0.29) is 12.1 Å². The topological polar surface area (TPSA) is 64.3 Å². The van der Waals surface area contributed by atoms with Crippen LogP contribution in [-0.4, -0.2) is 18.2 Å². The van der Waals surface area contributed by atoms with E-state index >= 15 is 0 Å². The second-order valence-corrected chi connectivity index (χ2v) is 5.64. The second-order valence-electron chi connectivity index (χ2n) is 5.23. The van der Waals surface area contributed by atoms with E-state index in [0.29, 0.717) is 10.7 Å². The normalized spacial score (nSPS) is 17.2. The average Bonchev–Trinajstić information content (AvgIpc) is 2.79. The number of nitrogens with one attached hydrogen (secondary N) is 1. The van der Waals surface area contributed by atoms with Crippen molar-refractivity contribution in [3.63, 3.8) is 0 Å². The number of carbonyl (C=O) groups excluding carboxylic acids is 1. The molecule has 0 atom stereocenters. The fraction of sp³-hybridized carbons (Fsp3) is 0.500. The Hall–Kier alpha value is -1.26. The molecule has 1 fully saturated rings. The fourth-order valence-corrected chi connectivity index (χ4v) is 2.44. The molecule has 5 heteroatoms. The van der Waals surface area contributed by atoms with E-state index in [1.54, 1.807) is 12.1 Å². The summed E-state index contributed by atoms with van der Waals surface area (Å²) in [6.07, 6.45) is 3.55. The molecule has 0 radical (unpaired) electrons. The van der Waals surface area contributed by atoms with Crippen LogP contribution in [0.25, 0.3) is 0 Å². The van der Waals surface area contributed by atoms with E-state index < -0.39 is 6.09 Å². The summed E-state index contributed by atoms with van der Waals surface area (Å²) in [5, 5.41) is 3.26. The molecule has 0 aromatic heterocycles. The highest BCUT2D eigenvalue weighted by Gasteiger charge is 2.30. The Morgan fingerprint density at radius 2 is 2.16 bits per heavy atom. The highest BCUT2D eigenvalue weighted by Crippen LogP contribution is 2.27. The van der Waals surface area contributed by atoms with Gasteiger partial charge in [0.2, 0.25) is 0 Å². The Labute approximate surface area is 118 Å². The first kappa shape index (κ1) is 14.2. The molecule has 0 bridgehead atoms. The highest BCUT2D eigenvalue weighted by atomic mass is 35.5. The molecular formula is C14H19ClN2O2. The third-order valence-electron chi connectivity index (χ3n) is 3.51. The summed E-state index contributed by atoms with van der Waals surface area (Å²) in [5.41, 5.74) is 7.36. The van der Waals surface area contributed by atoms with Crippen LogP contribution in [0.4, 0.5) is 10.5 Å². The van der Waals surface area contributed by atoms with Crippen molar-refractivity contribution in [1.29, 1.82) is 0 Å². The van der Waals surface area contributed by atoms with Crippen LogP contribution in [0.15, 0.2) is 18.2 Å². The molecule has 1 aromatic carbocycles. The molecule has 2 rings (SSSR count). The Bertz CT molecular complexity index is 471. The number of hydrogen-bond acceptors (Lipinski definition) is 3. The number of carbonyl (C=O) groups is 1. The van der Waals surface area contributed by atoms with Gasteiger partial charge >= 0.3 is 6.09 Å². The molecule has 0 aliphatic heterocycles. The molecule has 4 nitrogen and oxygen atoms in total. The number of halogens is 1. The lowest BCUT2D eigenvalue weighted by atomic mass is 10.0. The van der Waals surface area contributed by atoms with Gasteiger partial charge in [-0.1, -0.05) is 30.5 Å². The SMILES string of the molecule is Cc1ccc(NC(=O)OCC2(N)CCCC2)cc1Cl. The lowest BCUT2D eigenvalue weighted by molar-refractivity contribution is 0.130. The van der Waals surface area contributed by atoms with Crippen molar-refractivity contribution in [3.05, 3.63) is 28.8 Å². The van der Waals surface area contributed by atoms with Crippen molar-refractivity contribution < 1.29 is 9.53 Å². The monoisotopic (exact) mass is 282 g/mol. The number of anilines is 1. The molecule has 1 aromatic rings. The Morgan fingerprint density at radius 1 is 1.47 bits per heavy atom. The lowest BCUT2D eigenvalue weighted by Gasteiger charge is -2.22. The minimum absolute atomic E-state index is 0.262. The standard InChI is InChI=1S/C14H19ClN2O2/c1-10-4-5-11(8-12(10)15)17-13(18)19-9-14(16)6-2-3-7-14/h4-5,8H,2-3,6-7,9,16H2,1H3,(H,17,18). The van der Waals surface area contributed by atoms with Gasteiger partial charge in [-0.05, 0) is 37.5 Å². The third kappa shape index (κ3) is 3.85. The minimum atomic E-state index is -0.489. The first-order chi connectivity index (χ1) is 8.98. The predicted molar refractivity (Wildman–Crippen MR) is 76.5 cm³/mol. The molecule has 1 amide bonds. The van der Waals surface area contributed by atoms with Crippen LogP contribution in [0.5, 0.6) is 0 Å². The van der Waals surface area contributed by atoms with Crippen LogP contribution in [0, 0.1) is 6.92 Å². The molecule has 0 saturated heterocycles. The van der Waals surface area contributed by atoms with Crippen molar-refractivity contribution in [2.45, 2.75) is 38.1 Å². The first-order valence-electron chi connectivity index (χ1n) is 6.47. The van der Waals surface area contributed by atoms with Gasteiger partial charge in [0.1, 0.15) is 6.61 Å². The molecular weight excluding hydrogens is 264 g/mol. The molecule has 0 unspecified atom stereocenters. The minimum Gasteiger partial charge on any atom is -0.447 e. The molecule has 1 aliphatic rings. The molecule has 0 spiro atoms. The van der Waals surface area contributed by atoms with Crippen LogP contribution >= 0.6 is 11.6 Å². The van der Waals surface area contributed by atoms with Gasteiger partial charge in [0, 0.05) is 10.7 Å². The van der Waals surface area contributed by atoms with Crippen LogP contribution in [-0.2, 0) is 4.74 Å². The molecule has 104 valence electrons. The van der Waals surface area contributed by atoms with Crippen LogP contribution < -0.4 is 11.1 Å². The summed E-state index contributed by atoms with van der Waals surface area (Å²) in [4.78, 5) is 11.7. The van der Waals surface area contributed by atoms with Crippen molar-refractivity contribution in [2.24, 2.45) is 5.73 Å². The maximum atomic E-state index is 11.7. The number of aryl methyl sites for hydroxylation is 1. The van der Waals surface area contributed by atoms with Gasteiger partial charge in [-0.3, -0.25) is 5.32 Å². The summed E-state index contributed by atoms with van der Waals surface area (Å²) < 4.78 is 5.18. The van der Waals surface area contributed by atoms with Gasteiger partial charge < -0.3 is 10.5 Å². The van der Waals surface area contributed by atoms with Gasteiger partial charge in [0.05, 0.1) is 5.54 Å². The Balaban J connectivity index is 1.85. The van der Waals surface area contributed by atoms with Crippen LogP contribution in [0.1, 0.15) is 31.2 Å². The molecule has 1 aliphatic carbocycles. The first-order valence-corrected chi connectivity index (χ1v) is 6.85. The zero-order valence-electron chi connectivity index (χ0n) is 11.0. The van der Waals surface area contributed by atoms with Gasteiger partial charge in [0.25, 0.3) is 0 Å². The number of ether oxygens (including phenoxy) is 1. The van der Waals surface area contributed by atoms with Gasteiger partial charge in [0.15, 0.2) is 0 Å². The predicted octanol–water partition coefficient (Wildman–Crippen LogP) is 3.47. The quantitative estimate of drug-likeness (QED) is 0.892. The number of hydrogen-bond donors (Lipinski definition) is 2. The summed E-state index contributed by atoms with van der Waals surface area (Å²) in [7, 11) is 0. The van der Waals surface area contributed by atoms with Gasteiger partial charge in [-0.15, -0.1) is 0 Å². The summed E-state index contributed by atoms with van der Waals surface area (Å²) >= 11 is 5.99. The van der Waals surface area contributed by atoms with Crippen LogP contribution in [0.3, 0.4) is 0 Å². The van der Waals surface area contributed by atoms with Crippen molar-refractivity contribution in [1.82, 2.24) is 0 Å². The maximum absolute atomic E-state index is 11.7. The molecule has 19 heavy (non-hydrogen) atoms. The van der Waals surface area contributed by atoms with E-state index in [0.717, 1.165) is 31.2 Å². The number of amides is 1. The molecule has 0 heterocycles. The zero-order chi connectivity index (χ0) is 13.9. The number of benzene rings is 1. The maximum Gasteiger partial charge on any atom is 0.411 e. The average molecular weight is 283 g/mol. The smallest absolute Gasteiger partial charge is 0.411 e. The van der Waals surface area contributed by atoms with Crippen molar-refractivity contribution in [3.8, 4) is 0 Å². The number of rotatable bonds is 3. The van der Waals surface area contributed by atoms with E-state index in [2.05, 4.69) is 5.32 Å². The molecule has 1 saturated carbocycles. The van der Waals surface area contributed by atoms with Crippen molar-refractivity contribution >= 4 is 23.4 Å². The van der Waals surface area contributed by atoms with E-state index in [4.69, 9.17) is 22.1 Å². The Kier molecular flexibility index (Phi) is 4.32. The molecule has 3 N–H and O–H groups in total. The highest BCUT2D eigenvalue weighted by molar-refractivity contribution is 6.31. The van der Waals surface area contributed by atoms with E-state index in [1.165, 1.54) is 0 Å². The lowest BCUT2D eigenvalue weighted by Crippen LogP contribution is -2.42. The Morgan fingerprint density at radius 3 is 2.79 bits per heavy atom. The van der Waals surface area contributed by atoms with E-state index in [1.807, 2.05) is 13.0 Å². The fourth-order valence-electron chi connectivity index (χ4n) is 2.26. The van der Waals surface area contributed by atoms with E-state index in [9.17, 15) is 4.79 Å². The van der Waals surface area contributed by atoms with Gasteiger partial charge in [-0.25, -0.2) is 4.79 Å². The summed E-state index contributed by atoms with van der Waals surface area (Å²) in [6, 6.07) is 5.33. The van der Waals surface area contributed by atoms with Crippen molar-refractivity contribution in [2.75, 3.05) is 11.9 Å². The largest absolute Gasteiger partial charge is 0.447 e. The summed E-state index contributed by atoms with van der Waals surface area (Å²) in [6.45, 7) is 2.17. The summed E-state index contributed by atoms with van der Waals surface area (Å²) in [5.74, 6) is 0. The zero-order valence-corrected chi connectivity index (χ0v) is 11.8. The van der Waals surface area contributed by atoms with Crippen LogP contribution in [0.2, 0.25) is 5.02 Å². The van der Waals surface area contributed by atoms with Gasteiger partial charge in [-0.2, -0.15) is 0 Å². The third-order valence-corrected chi connectivity index (χ3v) is 3.92. The number of nitrogens with two attached hydrogens (primary N) is 1.